The smallest absolute Gasteiger partial charge is 0.340 e. The Kier molecular flexibility index (Phi) is 3.28. The largest absolute Gasteiger partial charge is 0.481 e. The summed E-state index contributed by atoms with van der Waals surface area (Å²) in [5.41, 5.74) is 4.31. The van der Waals surface area contributed by atoms with Gasteiger partial charge < -0.3 is 5.11 Å². The number of hydrogen-bond acceptors (Lipinski definition) is 3. The highest BCUT2D eigenvalue weighted by Gasteiger charge is 2.29. The van der Waals surface area contributed by atoms with Gasteiger partial charge in [0, 0.05) is 11.3 Å². The summed E-state index contributed by atoms with van der Waals surface area (Å²) in [6.45, 7) is 7.21. The Morgan fingerprint density at radius 3 is 2.43 bits per heavy atom. The first kappa shape index (κ1) is 15.3. The van der Waals surface area contributed by atoms with E-state index in [1.165, 1.54) is 8.97 Å². The average Bonchev–Trinajstić information content (AvgIpc) is 2.86. The van der Waals surface area contributed by atoms with E-state index in [-0.39, 0.29) is 12.3 Å². The number of nitrogens with zero attached hydrogens (tertiary/aromatic N) is 2. The second kappa shape index (κ2) is 4.94. The Morgan fingerprint density at radius 2 is 1.87 bits per heavy atom. The molecule has 0 saturated heterocycles. The zero-order valence-corrected chi connectivity index (χ0v) is 13.6. The Balaban J connectivity index is 2.43. The highest BCUT2D eigenvalue weighted by molar-refractivity contribution is 6.08. The van der Waals surface area contributed by atoms with Crippen LogP contribution in [0.5, 0.6) is 0 Å². The van der Waals surface area contributed by atoms with Crippen molar-refractivity contribution in [3.05, 3.63) is 44.6 Å². The molecule has 120 valence electrons. The summed E-state index contributed by atoms with van der Waals surface area (Å²) in [4.78, 5) is 36.3. The molecule has 1 aliphatic heterocycles. The number of carboxylic acid groups (broad SMARTS) is 1. The van der Waals surface area contributed by atoms with E-state index in [4.69, 9.17) is 5.11 Å². The molecule has 6 heteroatoms. The molecule has 0 aromatic carbocycles. The van der Waals surface area contributed by atoms with Crippen LogP contribution in [0.25, 0.3) is 11.1 Å². The average molecular weight is 314 g/mol. The highest BCUT2D eigenvalue weighted by atomic mass is 16.4. The molecule has 1 aliphatic rings. The molecular weight excluding hydrogens is 296 g/mol. The molecule has 0 bridgehead atoms. The maximum absolute atomic E-state index is 12.8. The molecule has 6 nitrogen and oxygen atoms in total. The van der Waals surface area contributed by atoms with Crippen LogP contribution in [0.1, 0.15) is 47.6 Å². The fourth-order valence-electron chi connectivity index (χ4n) is 3.49. The van der Waals surface area contributed by atoms with Crippen LogP contribution in [-0.4, -0.2) is 26.0 Å². The van der Waals surface area contributed by atoms with Crippen molar-refractivity contribution in [1.82, 2.24) is 8.97 Å². The van der Waals surface area contributed by atoms with Crippen LogP contribution in [0.15, 0.2) is 16.4 Å². The van der Waals surface area contributed by atoms with Crippen LogP contribution in [-0.2, 0) is 11.2 Å². The molecule has 23 heavy (non-hydrogen) atoms. The van der Waals surface area contributed by atoms with Gasteiger partial charge in [-0.1, -0.05) is 6.92 Å². The summed E-state index contributed by atoms with van der Waals surface area (Å²) in [7, 11) is 0. The molecule has 0 saturated carbocycles. The van der Waals surface area contributed by atoms with Gasteiger partial charge in [0.05, 0.1) is 17.6 Å². The van der Waals surface area contributed by atoms with Crippen LogP contribution in [0.2, 0.25) is 0 Å². The number of hydrogen-bond donors (Lipinski definition) is 1. The van der Waals surface area contributed by atoms with Gasteiger partial charge in [-0.05, 0) is 50.0 Å². The predicted octanol–water partition coefficient (Wildman–Crippen LogP) is 2.18. The number of aliphatic carboxylic acids is 1. The Bertz CT molecular complexity index is 973. The lowest BCUT2D eigenvalue weighted by Gasteiger charge is -2.07. The van der Waals surface area contributed by atoms with Gasteiger partial charge >= 0.3 is 11.7 Å². The Morgan fingerprint density at radius 1 is 1.22 bits per heavy atom. The standard InChI is InChI=1S/C17H18N2O4/c1-5-11-9(3)16(22)19-14(11)7-13-8(2)12(6-15(20)21)10(4)18(13)17(19)23/h7H,5-6H2,1-4H3,(H,20,21). The van der Waals surface area contributed by atoms with Crippen molar-refractivity contribution in [3.8, 4) is 0 Å². The number of aryl methyl sites for hydroxylation is 2. The number of allylic oxidation sites excluding steroid dienone is 2. The summed E-state index contributed by atoms with van der Waals surface area (Å²) in [6.07, 6.45) is 0.519. The monoisotopic (exact) mass is 314 g/mol. The minimum atomic E-state index is -0.944. The zero-order valence-electron chi connectivity index (χ0n) is 13.6. The van der Waals surface area contributed by atoms with Gasteiger partial charge in [-0.2, -0.15) is 0 Å². The number of carboxylic acids is 1. The third kappa shape index (κ3) is 1.91. The zero-order chi connectivity index (χ0) is 17.0. The third-order valence-electron chi connectivity index (χ3n) is 4.71. The first-order valence-corrected chi connectivity index (χ1v) is 7.52. The molecular formula is C17H18N2O4. The maximum Gasteiger partial charge on any atom is 0.340 e. The molecule has 0 aliphatic carbocycles. The van der Waals surface area contributed by atoms with Crippen LogP contribution >= 0.6 is 0 Å². The lowest BCUT2D eigenvalue weighted by molar-refractivity contribution is -0.136. The Hall–Kier alpha value is -2.63. The van der Waals surface area contributed by atoms with E-state index in [1.54, 1.807) is 13.8 Å². The number of fused-ring (bicyclic) bond motifs is 2. The van der Waals surface area contributed by atoms with E-state index < -0.39 is 11.7 Å². The van der Waals surface area contributed by atoms with Crippen LogP contribution < -0.4 is 5.69 Å². The number of rotatable bonds is 3. The first-order chi connectivity index (χ1) is 10.8. The molecule has 0 spiro atoms. The SMILES string of the molecule is CCC1=C(C)C(=O)n2c1cc1c(C)c(CC(=O)O)c(C)n1c2=O. The lowest BCUT2D eigenvalue weighted by Crippen LogP contribution is -2.31. The van der Waals surface area contributed by atoms with Gasteiger partial charge in [0.2, 0.25) is 0 Å². The molecule has 2 aromatic heterocycles. The summed E-state index contributed by atoms with van der Waals surface area (Å²) in [5, 5.41) is 9.08. The van der Waals surface area contributed by atoms with E-state index in [0.29, 0.717) is 34.5 Å². The highest BCUT2D eigenvalue weighted by Crippen LogP contribution is 2.31. The second-order valence-electron chi connectivity index (χ2n) is 5.89. The van der Waals surface area contributed by atoms with Gasteiger partial charge in [0.1, 0.15) is 0 Å². The molecule has 0 atom stereocenters. The molecule has 0 amide bonds. The first-order valence-electron chi connectivity index (χ1n) is 7.52. The minimum absolute atomic E-state index is 0.141. The van der Waals surface area contributed by atoms with Gasteiger partial charge in [-0.25, -0.2) is 9.36 Å². The molecule has 1 N–H and O–H groups in total. The normalized spacial score (nSPS) is 14.0. The van der Waals surface area contributed by atoms with Crippen molar-refractivity contribution in [2.45, 2.75) is 40.5 Å². The van der Waals surface area contributed by atoms with E-state index in [2.05, 4.69) is 0 Å². The molecule has 2 aromatic rings. The quantitative estimate of drug-likeness (QED) is 0.941. The summed E-state index contributed by atoms with van der Waals surface area (Å²) < 4.78 is 2.64. The van der Waals surface area contributed by atoms with Gasteiger partial charge in [-0.15, -0.1) is 0 Å². The number of carbonyl (C=O) groups is 2. The molecule has 3 heterocycles. The van der Waals surface area contributed by atoms with Crippen molar-refractivity contribution in [3.63, 3.8) is 0 Å². The number of aromatic nitrogens is 2. The van der Waals surface area contributed by atoms with Gasteiger partial charge in [0.15, 0.2) is 0 Å². The van der Waals surface area contributed by atoms with E-state index in [9.17, 15) is 14.4 Å². The van der Waals surface area contributed by atoms with E-state index in [0.717, 1.165) is 11.1 Å². The van der Waals surface area contributed by atoms with E-state index >= 15 is 0 Å². The molecule has 0 unspecified atom stereocenters. The molecule has 3 rings (SSSR count). The Labute approximate surface area is 132 Å². The van der Waals surface area contributed by atoms with Crippen LogP contribution in [0.4, 0.5) is 0 Å². The lowest BCUT2D eigenvalue weighted by atomic mass is 10.0. The topological polar surface area (TPSA) is 80.8 Å². The van der Waals surface area contributed by atoms with Crippen molar-refractivity contribution in [1.29, 1.82) is 0 Å². The molecule has 0 fully saturated rings. The van der Waals surface area contributed by atoms with Gasteiger partial charge in [0.25, 0.3) is 5.91 Å². The second-order valence-corrected chi connectivity index (χ2v) is 5.89. The predicted molar refractivity (Wildman–Crippen MR) is 86.0 cm³/mol. The van der Waals surface area contributed by atoms with Crippen molar-refractivity contribution >= 4 is 23.0 Å². The summed E-state index contributed by atoms with van der Waals surface area (Å²) >= 11 is 0. The maximum atomic E-state index is 12.8. The fourth-order valence-corrected chi connectivity index (χ4v) is 3.49. The van der Waals surface area contributed by atoms with Crippen molar-refractivity contribution in [2.75, 3.05) is 0 Å². The van der Waals surface area contributed by atoms with Crippen LogP contribution in [0.3, 0.4) is 0 Å². The van der Waals surface area contributed by atoms with E-state index in [1.807, 2.05) is 19.9 Å². The van der Waals surface area contributed by atoms with Crippen molar-refractivity contribution < 1.29 is 14.7 Å². The number of carbonyl (C=O) groups excluding carboxylic acids is 1. The summed E-state index contributed by atoms with van der Waals surface area (Å²) in [6, 6.07) is 1.82. The van der Waals surface area contributed by atoms with Crippen molar-refractivity contribution in [2.24, 2.45) is 0 Å². The van der Waals surface area contributed by atoms with Gasteiger partial charge in [-0.3, -0.25) is 14.0 Å². The molecule has 0 radical (unpaired) electrons. The third-order valence-corrected chi connectivity index (χ3v) is 4.71. The minimum Gasteiger partial charge on any atom is -0.481 e. The fraction of sp³-hybridized carbons (Fsp3) is 0.353. The van der Waals surface area contributed by atoms with Crippen LogP contribution in [0, 0.1) is 13.8 Å². The summed E-state index contributed by atoms with van der Waals surface area (Å²) in [5.74, 6) is -1.24.